The number of rotatable bonds is 2. The first-order valence-corrected chi connectivity index (χ1v) is 4.51. The normalized spacial score (nSPS) is 28.3. The lowest BCUT2D eigenvalue weighted by Crippen LogP contribution is -2.54. The van der Waals surface area contributed by atoms with Crippen molar-refractivity contribution in [3.63, 3.8) is 0 Å². The average molecular weight is 169 g/mol. The summed E-state index contributed by atoms with van der Waals surface area (Å²) in [5, 5.41) is 3.26. The molecule has 0 bridgehead atoms. The lowest BCUT2D eigenvalue weighted by atomic mass is 10.2. The SMILES string of the molecule is NC(=O)C1(N2CCNCC2)CC1. The van der Waals surface area contributed by atoms with E-state index in [-0.39, 0.29) is 11.4 Å². The van der Waals surface area contributed by atoms with Gasteiger partial charge in [-0.05, 0) is 12.8 Å². The molecule has 0 spiro atoms. The number of carbonyl (C=O) groups is 1. The molecular formula is C8H15N3O. The Bertz CT molecular complexity index is 194. The van der Waals surface area contributed by atoms with Crippen molar-refractivity contribution in [3.05, 3.63) is 0 Å². The Morgan fingerprint density at radius 2 is 1.92 bits per heavy atom. The zero-order chi connectivity index (χ0) is 8.60. The lowest BCUT2D eigenvalue weighted by molar-refractivity contribution is -0.125. The number of piperazine rings is 1. The summed E-state index contributed by atoms with van der Waals surface area (Å²) in [6.45, 7) is 3.88. The summed E-state index contributed by atoms with van der Waals surface area (Å²) in [5.74, 6) is -0.135. The molecule has 0 atom stereocenters. The van der Waals surface area contributed by atoms with Crippen LogP contribution in [0.1, 0.15) is 12.8 Å². The van der Waals surface area contributed by atoms with Gasteiger partial charge in [0, 0.05) is 26.2 Å². The van der Waals surface area contributed by atoms with Crippen molar-refractivity contribution >= 4 is 5.91 Å². The highest BCUT2D eigenvalue weighted by molar-refractivity contribution is 5.87. The topological polar surface area (TPSA) is 58.4 Å². The molecule has 2 fully saturated rings. The molecule has 1 heterocycles. The third-order valence-corrected chi connectivity index (χ3v) is 2.90. The summed E-state index contributed by atoms with van der Waals surface area (Å²) >= 11 is 0. The molecule has 68 valence electrons. The van der Waals surface area contributed by atoms with Gasteiger partial charge in [-0.3, -0.25) is 9.69 Å². The zero-order valence-corrected chi connectivity index (χ0v) is 7.18. The third kappa shape index (κ3) is 1.11. The van der Waals surface area contributed by atoms with E-state index in [9.17, 15) is 4.79 Å². The van der Waals surface area contributed by atoms with Crippen LogP contribution in [0, 0.1) is 0 Å². The number of amides is 1. The number of nitrogens with one attached hydrogen (secondary N) is 1. The Morgan fingerprint density at radius 3 is 2.33 bits per heavy atom. The third-order valence-electron chi connectivity index (χ3n) is 2.90. The van der Waals surface area contributed by atoms with Gasteiger partial charge in [0.1, 0.15) is 5.54 Å². The van der Waals surface area contributed by atoms with E-state index in [1.54, 1.807) is 0 Å². The maximum absolute atomic E-state index is 11.1. The Labute approximate surface area is 72.1 Å². The van der Waals surface area contributed by atoms with Crippen LogP contribution in [0.4, 0.5) is 0 Å². The van der Waals surface area contributed by atoms with Gasteiger partial charge in [0.05, 0.1) is 0 Å². The highest BCUT2D eigenvalue weighted by Gasteiger charge is 2.53. The molecule has 1 aliphatic heterocycles. The van der Waals surface area contributed by atoms with Crippen LogP contribution in [-0.4, -0.2) is 42.5 Å². The number of carbonyl (C=O) groups excluding carboxylic acids is 1. The van der Waals surface area contributed by atoms with Crippen LogP contribution in [0.2, 0.25) is 0 Å². The second-order valence-corrected chi connectivity index (χ2v) is 3.63. The smallest absolute Gasteiger partial charge is 0.237 e. The van der Waals surface area contributed by atoms with Crippen molar-refractivity contribution < 1.29 is 4.79 Å². The van der Waals surface area contributed by atoms with E-state index in [4.69, 9.17) is 5.73 Å². The van der Waals surface area contributed by atoms with Crippen LogP contribution >= 0.6 is 0 Å². The zero-order valence-electron chi connectivity index (χ0n) is 7.18. The van der Waals surface area contributed by atoms with E-state index >= 15 is 0 Å². The maximum Gasteiger partial charge on any atom is 0.237 e. The molecule has 12 heavy (non-hydrogen) atoms. The van der Waals surface area contributed by atoms with Crippen LogP contribution in [0.15, 0.2) is 0 Å². The standard InChI is InChI=1S/C8H15N3O/c9-7(12)8(1-2-8)11-5-3-10-4-6-11/h10H,1-6H2,(H2,9,12). The second-order valence-electron chi connectivity index (χ2n) is 3.63. The molecule has 0 aromatic heterocycles. The Kier molecular flexibility index (Phi) is 1.81. The minimum Gasteiger partial charge on any atom is -0.368 e. The molecule has 1 amide bonds. The summed E-state index contributed by atoms with van der Waals surface area (Å²) < 4.78 is 0. The fraction of sp³-hybridized carbons (Fsp3) is 0.875. The van der Waals surface area contributed by atoms with Crippen molar-refractivity contribution in [3.8, 4) is 0 Å². The molecule has 2 rings (SSSR count). The number of primary amides is 1. The first kappa shape index (κ1) is 8.01. The van der Waals surface area contributed by atoms with E-state index in [0.717, 1.165) is 39.0 Å². The summed E-state index contributed by atoms with van der Waals surface area (Å²) in [7, 11) is 0. The first-order valence-electron chi connectivity index (χ1n) is 4.51. The fourth-order valence-electron chi connectivity index (χ4n) is 1.93. The average Bonchev–Trinajstić information content (AvgIpc) is 2.86. The quantitative estimate of drug-likeness (QED) is 0.552. The highest BCUT2D eigenvalue weighted by atomic mass is 16.2. The van der Waals surface area contributed by atoms with Crippen LogP contribution in [-0.2, 0) is 4.79 Å². The van der Waals surface area contributed by atoms with E-state index in [1.807, 2.05) is 0 Å². The Morgan fingerprint density at radius 1 is 1.33 bits per heavy atom. The summed E-state index contributed by atoms with van der Waals surface area (Å²) in [6, 6.07) is 0. The molecule has 0 aromatic rings. The van der Waals surface area contributed by atoms with Gasteiger partial charge in [-0.25, -0.2) is 0 Å². The van der Waals surface area contributed by atoms with Gasteiger partial charge < -0.3 is 11.1 Å². The molecule has 0 aromatic carbocycles. The monoisotopic (exact) mass is 169 g/mol. The molecule has 1 saturated heterocycles. The van der Waals surface area contributed by atoms with Gasteiger partial charge in [0.2, 0.25) is 5.91 Å². The van der Waals surface area contributed by atoms with Gasteiger partial charge in [0.25, 0.3) is 0 Å². The fourth-order valence-corrected chi connectivity index (χ4v) is 1.93. The van der Waals surface area contributed by atoms with E-state index in [2.05, 4.69) is 10.2 Å². The van der Waals surface area contributed by atoms with Crippen LogP contribution in [0.25, 0.3) is 0 Å². The van der Waals surface area contributed by atoms with Crippen molar-refractivity contribution in [1.29, 1.82) is 0 Å². The van der Waals surface area contributed by atoms with Gasteiger partial charge in [-0.1, -0.05) is 0 Å². The van der Waals surface area contributed by atoms with E-state index in [1.165, 1.54) is 0 Å². The first-order chi connectivity index (χ1) is 5.76. The predicted octanol–water partition coefficient (Wildman–Crippen LogP) is -1.09. The summed E-state index contributed by atoms with van der Waals surface area (Å²) in [6.07, 6.45) is 1.92. The minimum absolute atomic E-state index is 0.135. The Balaban J connectivity index is 2.02. The van der Waals surface area contributed by atoms with Crippen molar-refractivity contribution in [2.75, 3.05) is 26.2 Å². The largest absolute Gasteiger partial charge is 0.368 e. The predicted molar refractivity (Wildman–Crippen MR) is 45.6 cm³/mol. The van der Waals surface area contributed by atoms with Gasteiger partial charge in [-0.2, -0.15) is 0 Å². The minimum atomic E-state index is -0.248. The van der Waals surface area contributed by atoms with Crippen LogP contribution in [0.3, 0.4) is 0 Å². The van der Waals surface area contributed by atoms with Gasteiger partial charge in [-0.15, -0.1) is 0 Å². The molecule has 4 nitrogen and oxygen atoms in total. The molecule has 4 heteroatoms. The highest BCUT2D eigenvalue weighted by Crippen LogP contribution is 2.41. The number of nitrogens with zero attached hydrogens (tertiary/aromatic N) is 1. The summed E-state index contributed by atoms with van der Waals surface area (Å²) in [4.78, 5) is 13.4. The van der Waals surface area contributed by atoms with Crippen molar-refractivity contribution in [2.45, 2.75) is 18.4 Å². The lowest BCUT2D eigenvalue weighted by Gasteiger charge is -2.33. The molecular weight excluding hydrogens is 154 g/mol. The van der Waals surface area contributed by atoms with Gasteiger partial charge >= 0.3 is 0 Å². The number of hydrogen-bond acceptors (Lipinski definition) is 3. The van der Waals surface area contributed by atoms with Crippen molar-refractivity contribution in [2.24, 2.45) is 5.73 Å². The molecule has 0 unspecified atom stereocenters. The second kappa shape index (κ2) is 2.71. The van der Waals surface area contributed by atoms with E-state index < -0.39 is 0 Å². The van der Waals surface area contributed by atoms with Gasteiger partial charge in [0.15, 0.2) is 0 Å². The number of hydrogen-bond donors (Lipinski definition) is 2. The Hall–Kier alpha value is -0.610. The summed E-state index contributed by atoms with van der Waals surface area (Å²) in [5.41, 5.74) is 5.11. The van der Waals surface area contributed by atoms with Crippen LogP contribution < -0.4 is 11.1 Å². The van der Waals surface area contributed by atoms with Crippen LogP contribution in [0.5, 0.6) is 0 Å². The molecule has 1 saturated carbocycles. The van der Waals surface area contributed by atoms with E-state index in [0.29, 0.717) is 0 Å². The molecule has 0 radical (unpaired) electrons. The van der Waals surface area contributed by atoms with Crippen molar-refractivity contribution in [1.82, 2.24) is 10.2 Å². The molecule has 2 aliphatic rings. The molecule has 1 aliphatic carbocycles. The molecule has 3 N–H and O–H groups in total. The maximum atomic E-state index is 11.1. The number of nitrogens with two attached hydrogens (primary N) is 1.